The lowest BCUT2D eigenvalue weighted by molar-refractivity contribution is -0.129. The Morgan fingerprint density at radius 2 is 1.95 bits per heavy atom. The highest BCUT2D eigenvalue weighted by Gasteiger charge is 2.38. The van der Waals surface area contributed by atoms with Crippen molar-refractivity contribution in [3.05, 3.63) is 35.6 Å². The Morgan fingerprint density at radius 1 is 1.29 bits per heavy atom. The van der Waals surface area contributed by atoms with Gasteiger partial charge >= 0.3 is 0 Å². The van der Waals surface area contributed by atoms with Gasteiger partial charge in [0.25, 0.3) is 0 Å². The number of nitrogens with one attached hydrogen (secondary N) is 1. The molecule has 1 heterocycles. The van der Waals surface area contributed by atoms with Gasteiger partial charge in [-0.2, -0.15) is 0 Å². The summed E-state index contributed by atoms with van der Waals surface area (Å²) in [7, 11) is -0.908. The largest absolute Gasteiger partial charge is 0.321 e. The van der Waals surface area contributed by atoms with E-state index in [0.717, 1.165) is 5.56 Å². The number of carbonyl (C=O) groups is 1. The van der Waals surface area contributed by atoms with Crippen LogP contribution in [0.15, 0.2) is 24.3 Å². The van der Waals surface area contributed by atoms with Gasteiger partial charge in [0.15, 0.2) is 0 Å². The summed E-state index contributed by atoms with van der Waals surface area (Å²) >= 11 is 0. The molecule has 0 bridgehead atoms. The zero-order chi connectivity index (χ0) is 15.4. The first-order valence-electron chi connectivity index (χ1n) is 7.23. The first kappa shape index (κ1) is 16.1. The van der Waals surface area contributed by atoms with Crippen molar-refractivity contribution in [2.24, 2.45) is 0 Å². The van der Waals surface area contributed by atoms with E-state index >= 15 is 0 Å². The molecule has 0 aromatic heterocycles. The summed E-state index contributed by atoms with van der Waals surface area (Å²) in [5, 5.41) is 3.27. The van der Waals surface area contributed by atoms with Gasteiger partial charge in [-0.15, -0.1) is 0 Å². The fraction of sp³-hybridized carbons (Fsp3) is 0.533. The third-order valence-electron chi connectivity index (χ3n) is 3.73. The van der Waals surface area contributed by atoms with Crippen LogP contribution in [-0.4, -0.2) is 39.1 Å². The minimum atomic E-state index is -0.908. The monoisotopic (exact) mass is 312 g/mol. The number of hydrogen-bond acceptors (Lipinski definition) is 3. The standard InChI is InChI=1S/C15H21FN2O2S/c1-3-13-15(19)18(9-10-21(20)4-2)14(17-13)11-5-7-12(16)8-6-11/h5-8,13-14,17H,3-4,9-10H2,1-2H3. The Hall–Kier alpha value is -1.27. The zero-order valence-corrected chi connectivity index (χ0v) is 13.2. The summed E-state index contributed by atoms with van der Waals surface area (Å²) < 4.78 is 24.7. The van der Waals surface area contributed by atoms with Crippen molar-refractivity contribution in [2.45, 2.75) is 32.5 Å². The lowest BCUT2D eigenvalue weighted by Crippen LogP contribution is -2.34. The van der Waals surface area contributed by atoms with Gasteiger partial charge in [-0.3, -0.25) is 14.3 Å². The Labute approximate surface area is 127 Å². The molecule has 1 aromatic carbocycles. The number of benzene rings is 1. The molecule has 6 heteroatoms. The zero-order valence-electron chi connectivity index (χ0n) is 12.3. The van der Waals surface area contributed by atoms with Gasteiger partial charge < -0.3 is 4.90 Å². The highest BCUT2D eigenvalue weighted by atomic mass is 32.2. The van der Waals surface area contributed by atoms with Crippen molar-refractivity contribution in [1.29, 1.82) is 0 Å². The summed E-state index contributed by atoms with van der Waals surface area (Å²) in [6.45, 7) is 4.27. The van der Waals surface area contributed by atoms with Gasteiger partial charge in [0, 0.05) is 28.9 Å². The molecule has 4 nitrogen and oxygen atoms in total. The average molecular weight is 312 g/mol. The third-order valence-corrected chi connectivity index (χ3v) is 5.01. The second-order valence-electron chi connectivity index (χ2n) is 5.05. The maximum absolute atomic E-state index is 13.0. The van der Waals surface area contributed by atoms with E-state index in [-0.39, 0.29) is 23.9 Å². The quantitative estimate of drug-likeness (QED) is 0.871. The van der Waals surface area contributed by atoms with Crippen LogP contribution in [0.3, 0.4) is 0 Å². The van der Waals surface area contributed by atoms with Crippen LogP contribution in [0.25, 0.3) is 0 Å². The topological polar surface area (TPSA) is 49.4 Å². The van der Waals surface area contributed by atoms with Gasteiger partial charge in [-0.05, 0) is 24.1 Å². The van der Waals surface area contributed by atoms with Crippen LogP contribution in [-0.2, 0) is 15.6 Å². The molecule has 116 valence electrons. The fourth-order valence-corrected chi connectivity index (χ4v) is 3.17. The Morgan fingerprint density at radius 3 is 2.52 bits per heavy atom. The number of amides is 1. The smallest absolute Gasteiger partial charge is 0.241 e. The Balaban J connectivity index is 2.17. The lowest BCUT2D eigenvalue weighted by atomic mass is 10.1. The van der Waals surface area contributed by atoms with Gasteiger partial charge in [0.05, 0.1) is 6.04 Å². The summed E-state index contributed by atoms with van der Waals surface area (Å²) in [5.74, 6) is 0.792. The molecule has 1 amide bonds. The number of carbonyl (C=O) groups excluding carboxylic acids is 1. The molecule has 1 aliphatic rings. The van der Waals surface area contributed by atoms with E-state index in [1.165, 1.54) is 12.1 Å². The Kier molecular flexibility index (Phi) is 5.47. The molecule has 21 heavy (non-hydrogen) atoms. The molecule has 0 radical (unpaired) electrons. The third kappa shape index (κ3) is 3.68. The number of nitrogens with zero attached hydrogens (tertiary/aromatic N) is 1. The molecule has 0 spiro atoms. The molecule has 3 unspecified atom stereocenters. The summed E-state index contributed by atoms with van der Waals surface area (Å²) in [6, 6.07) is 5.92. The van der Waals surface area contributed by atoms with Crippen molar-refractivity contribution in [3.8, 4) is 0 Å². The van der Waals surface area contributed by atoms with Crippen LogP contribution in [0.4, 0.5) is 4.39 Å². The van der Waals surface area contributed by atoms with Crippen molar-refractivity contribution in [3.63, 3.8) is 0 Å². The van der Waals surface area contributed by atoms with Gasteiger partial charge in [-0.25, -0.2) is 4.39 Å². The molecule has 1 aliphatic heterocycles. The van der Waals surface area contributed by atoms with E-state index < -0.39 is 10.8 Å². The number of halogens is 1. The van der Waals surface area contributed by atoms with Crippen molar-refractivity contribution >= 4 is 16.7 Å². The van der Waals surface area contributed by atoms with Gasteiger partial charge in [0.2, 0.25) is 5.91 Å². The molecule has 0 aliphatic carbocycles. The lowest BCUT2D eigenvalue weighted by Gasteiger charge is -2.24. The minimum Gasteiger partial charge on any atom is -0.321 e. The van der Waals surface area contributed by atoms with Gasteiger partial charge in [0.1, 0.15) is 12.0 Å². The SMILES string of the molecule is CCC1NC(c2ccc(F)cc2)N(CCS(=O)CC)C1=O. The number of rotatable bonds is 6. The maximum atomic E-state index is 13.0. The highest BCUT2D eigenvalue weighted by Crippen LogP contribution is 2.26. The van der Waals surface area contributed by atoms with Crippen LogP contribution in [0, 0.1) is 5.82 Å². The first-order chi connectivity index (χ1) is 10.1. The van der Waals surface area contributed by atoms with Crippen molar-refractivity contribution < 1.29 is 13.4 Å². The molecule has 2 rings (SSSR count). The average Bonchev–Trinajstić information content (AvgIpc) is 2.81. The first-order valence-corrected chi connectivity index (χ1v) is 8.72. The molecule has 1 N–H and O–H groups in total. The number of hydrogen-bond donors (Lipinski definition) is 1. The summed E-state index contributed by atoms with van der Waals surface area (Å²) in [6.07, 6.45) is 0.432. The second kappa shape index (κ2) is 7.13. The van der Waals surface area contributed by atoms with E-state index in [4.69, 9.17) is 0 Å². The summed E-state index contributed by atoms with van der Waals surface area (Å²) in [5.41, 5.74) is 0.850. The van der Waals surface area contributed by atoms with Crippen molar-refractivity contribution in [1.82, 2.24) is 10.2 Å². The van der Waals surface area contributed by atoms with Crippen molar-refractivity contribution in [2.75, 3.05) is 18.1 Å². The molecular formula is C15H21FN2O2S. The van der Waals surface area contributed by atoms with Crippen LogP contribution in [0.1, 0.15) is 32.0 Å². The summed E-state index contributed by atoms with van der Waals surface area (Å²) in [4.78, 5) is 14.1. The van der Waals surface area contributed by atoms with E-state index in [1.807, 2.05) is 13.8 Å². The second-order valence-corrected chi connectivity index (χ2v) is 6.91. The maximum Gasteiger partial charge on any atom is 0.241 e. The van der Waals surface area contributed by atoms with E-state index in [1.54, 1.807) is 17.0 Å². The van der Waals surface area contributed by atoms with Crippen LogP contribution >= 0.6 is 0 Å². The van der Waals surface area contributed by atoms with E-state index in [0.29, 0.717) is 24.5 Å². The predicted molar refractivity (Wildman–Crippen MR) is 81.6 cm³/mol. The molecule has 1 fully saturated rings. The van der Waals surface area contributed by atoms with Crippen LogP contribution in [0.2, 0.25) is 0 Å². The van der Waals surface area contributed by atoms with Crippen LogP contribution < -0.4 is 5.32 Å². The predicted octanol–water partition coefficient (Wildman–Crippen LogP) is 1.80. The molecular weight excluding hydrogens is 291 g/mol. The van der Waals surface area contributed by atoms with E-state index in [2.05, 4.69) is 5.32 Å². The molecule has 1 saturated heterocycles. The highest BCUT2D eigenvalue weighted by molar-refractivity contribution is 7.84. The Bertz CT molecular complexity index is 521. The molecule has 3 atom stereocenters. The fourth-order valence-electron chi connectivity index (χ4n) is 2.48. The van der Waals surface area contributed by atoms with Gasteiger partial charge in [-0.1, -0.05) is 26.0 Å². The van der Waals surface area contributed by atoms with Crippen LogP contribution in [0.5, 0.6) is 0 Å². The molecule has 1 aromatic rings. The van der Waals surface area contributed by atoms with E-state index in [9.17, 15) is 13.4 Å². The molecule has 0 saturated carbocycles. The minimum absolute atomic E-state index is 0.0277. The normalized spacial score (nSPS) is 23.6.